The molecule has 120 valence electrons. The predicted molar refractivity (Wildman–Crippen MR) is 83.2 cm³/mol. The highest BCUT2D eigenvalue weighted by molar-refractivity contribution is 5.84. The smallest absolute Gasteiger partial charge is 0.380 e. The molecule has 0 atom stereocenters. The highest BCUT2D eigenvalue weighted by Gasteiger charge is 2.30. The van der Waals surface area contributed by atoms with E-state index < -0.39 is 11.7 Å². The largest absolute Gasteiger partial charge is 0.416 e. The molecule has 2 nitrogen and oxygen atoms in total. The highest BCUT2D eigenvalue weighted by atomic mass is 19.4. The van der Waals surface area contributed by atoms with Gasteiger partial charge in [0.05, 0.1) is 12.2 Å². The lowest BCUT2D eigenvalue weighted by Crippen LogP contribution is -2.06. The van der Waals surface area contributed by atoms with Crippen molar-refractivity contribution in [1.82, 2.24) is 4.57 Å². The number of hydrogen-bond acceptors (Lipinski definition) is 1. The first-order chi connectivity index (χ1) is 11.0. The van der Waals surface area contributed by atoms with Crippen LogP contribution in [0.25, 0.3) is 10.9 Å². The van der Waals surface area contributed by atoms with E-state index in [4.69, 9.17) is 4.74 Å². The maximum absolute atomic E-state index is 12.8. The summed E-state index contributed by atoms with van der Waals surface area (Å²) in [5, 5.41) is 1.06. The first-order valence-electron chi connectivity index (χ1n) is 7.21. The van der Waals surface area contributed by atoms with Gasteiger partial charge in [0, 0.05) is 36.3 Å². The van der Waals surface area contributed by atoms with Crippen molar-refractivity contribution < 1.29 is 17.9 Å². The fourth-order valence-corrected chi connectivity index (χ4v) is 2.77. The number of ether oxygens (including phenoxy) is 1. The monoisotopic (exact) mass is 319 g/mol. The number of hydrogen-bond donors (Lipinski definition) is 0. The minimum absolute atomic E-state index is 0.383. The Labute approximate surface area is 132 Å². The standard InChI is InChI=1S/C18H16F3NO/c1-23-12-14-11-22(17-8-3-2-7-16(14)17)10-13-5-4-6-15(9-13)18(19,20)21/h2-9,11H,10,12H2,1H3. The average molecular weight is 319 g/mol. The van der Waals surface area contributed by atoms with Gasteiger partial charge < -0.3 is 9.30 Å². The Morgan fingerprint density at radius 2 is 1.83 bits per heavy atom. The minimum Gasteiger partial charge on any atom is -0.380 e. The molecule has 0 bridgehead atoms. The Balaban J connectivity index is 1.99. The molecule has 0 saturated heterocycles. The molecule has 23 heavy (non-hydrogen) atoms. The zero-order valence-corrected chi connectivity index (χ0v) is 12.6. The Hall–Kier alpha value is -2.27. The summed E-state index contributed by atoms with van der Waals surface area (Å²) in [6.45, 7) is 0.851. The molecule has 3 aromatic rings. The zero-order valence-electron chi connectivity index (χ0n) is 12.6. The second-order valence-corrected chi connectivity index (χ2v) is 5.43. The molecule has 0 N–H and O–H groups in total. The molecule has 0 unspecified atom stereocenters. The molecule has 0 fully saturated rings. The molecule has 1 heterocycles. The van der Waals surface area contributed by atoms with E-state index in [1.165, 1.54) is 12.1 Å². The van der Waals surface area contributed by atoms with Crippen LogP contribution in [0, 0.1) is 0 Å². The van der Waals surface area contributed by atoms with Crippen molar-refractivity contribution in [2.45, 2.75) is 19.3 Å². The molecule has 2 aromatic carbocycles. The van der Waals surface area contributed by atoms with E-state index in [0.717, 1.165) is 22.5 Å². The van der Waals surface area contributed by atoms with Crippen LogP contribution in [0.3, 0.4) is 0 Å². The van der Waals surface area contributed by atoms with Gasteiger partial charge in [0.2, 0.25) is 0 Å². The van der Waals surface area contributed by atoms with Gasteiger partial charge in [0.15, 0.2) is 0 Å². The average Bonchev–Trinajstić information content (AvgIpc) is 2.86. The van der Waals surface area contributed by atoms with Gasteiger partial charge in [0.25, 0.3) is 0 Å². The van der Waals surface area contributed by atoms with E-state index in [1.54, 1.807) is 13.2 Å². The number of rotatable bonds is 4. The van der Waals surface area contributed by atoms with E-state index >= 15 is 0 Å². The molecule has 3 rings (SSSR count). The molecule has 0 aliphatic rings. The lowest BCUT2D eigenvalue weighted by Gasteiger charge is -2.10. The van der Waals surface area contributed by atoms with Crippen LogP contribution in [0.4, 0.5) is 13.2 Å². The number of aromatic nitrogens is 1. The Bertz CT molecular complexity index is 820. The van der Waals surface area contributed by atoms with Gasteiger partial charge >= 0.3 is 6.18 Å². The first-order valence-corrected chi connectivity index (χ1v) is 7.21. The molecule has 1 aromatic heterocycles. The summed E-state index contributed by atoms with van der Waals surface area (Å²) in [6.07, 6.45) is -2.38. The van der Waals surface area contributed by atoms with Gasteiger partial charge in [-0.15, -0.1) is 0 Å². The van der Waals surface area contributed by atoms with E-state index in [9.17, 15) is 13.2 Å². The third-order valence-electron chi connectivity index (χ3n) is 3.78. The summed E-state index contributed by atoms with van der Waals surface area (Å²) in [7, 11) is 1.62. The number of benzene rings is 2. The van der Waals surface area contributed by atoms with Crippen molar-refractivity contribution in [2.75, 3.05) is 7.11 Å². The molecule has 0 radical (unpaired) electrons. The molecule has 5 heteroatoms. The summed E-state index contributed by atoms with van der Waals surface area (Å²) in [6, 6.07) is 13.3. The Morgan fingerprint density at radius 3 is 2.57 bits per heavy atom. The van der Waals surface area contributed by atoms with Crippen molar-refractivity contribution in [3.05, 3.63) is 71.4 Å². The van der Waals surface area contributed by atoms with Crippen molar-refractivity contribution in [1.29, 1.82) is 0 Å². The van der Waals surface area contributed by atoms with Crippen LogP contribution in [0.1, 0.15) is 16.7 Å². The van der Waals surface area contributed by atoms with E-state index in [-0.39, 0.29) is 0 Å². The van der Waals surface area contributed by atoms with E-state index in [2.05, 4.69) is 0 Å². The van der Waals surface area contributed by atoms with Gasteiger partial charge in [-0.2, -0.15) is 13.2 Å². The molecular weight excluding hydrogens is 303 g/mol. The maximum atomic E-state index is 12.8. The fraction of sp³-hybridized carbons (Fsp3) is 0.222. The lowest BCUT2D eigenvalue weighted by atomic mass is 10.1. The molecular formula is C18H16F3NO. The number of para-hydroxylation sites is 1. The number of methoxy groups -OCH3 is 1. The molecule has 0 saturated carbocycles. The van der Waals surface area contributed by atoms with Crippen molar-refractivity contribution in [3.63, 3.8) is 0 Å². The summed E-state index contributed by atoms with van der Waals surface area (Å²) in [5.41, 5.74) is 2.00. The lowest BCUT2D eigenvalue weighted by molar-refractivity contribution is -0.137. The summed E-state index contributed by atoms with van der Waals surface area (Å²) in [5.74, 6) is 0. The van der Waals surface area contributed by atoms with E-state index in [1.807, 2.05) is 35.0 Å². The Kier molecular flexibility index (Phi) is 4.13. The first kappa shape index (κ1) is 15.6. The molecule has 0 aliphatic carbocycles. The van der Waals surface area contributed by atoms with E-state index in [0.29, 0.717) is 18.7 Å². The second kappa shape index (κ2) is 6.08. The van der Waals surface area contributed by atoms with Crippen LogP contribution in [0.5, 0.6) is 0 Å². The van der Waals surface area contributed by atoms with Crippen LogP contribution in [0.15, 0.2) is 54.7 Å². The normalized spacial score (nSPS) is 12.0. The van der Waals surface area contributed by atoms with Gasteiger partial charge in [0.1, 0.15) is 0 Å². The van der Waals surface area contributed by atoms with Gasteiger partial charge in [-0.3, -0.25) is 0 Å². The van der Waals surface area contributed by atoms with Gasteiger partial charge in [-0.05, 0) is 23.8 Å². The van der Waals surface area contributed by atoms with Crippen LogP contribution in [-0.2, 0) is 24.1 Å². The second-order valence-electron chi connectivity index (χ2n) is 5.43. The third kappa shape index (κ3) is 3.24. The number of nitrogens with zero attached hydrogens (tertiary/aromatic N) is 1. The quantitative estimate of drug-likeness (QED) is 0.670. The summed E-state index contributed by atoms with van der Waals surface area (Å²) < 4.78 is 45.7. The molecule has 0 aliphatic heterocycles. The highest BCUT2D eigenvalue weighted by Crippen LogP contribution is 2.30. The minimum atomic E-state index is -4.32. The number of halogens is 3. The SMILES string of the molecule is COCc1cn(Cc2cccc(C(F)(F)F)c2)c2ccccc12. The van der Waals surface area contributed by atoms with Gasteiger partial charge in [-0.25, -0.2) is 0 Å². The fourth-order valence-electron chi connectivity index (χ4n) is 2.77. The van der Waals surface area contributed by atoms with Crippen LogP contribution in [0.2, 0.25) is 0 Å². The molecule has 0 amide bonds. The summed E-state index contributed by atoms with van der Waals surface area (Å²) in [4.78, 5) is 0. The topological polar surface area (TPSA) is 14.2 Å². The van der Waals surface area contributed by atoms with Crippen LogP contribution >= 0.6 is 0 Å². The van der Waals surface area contributed by atoms with Gasteiger partial charge in [-0.1, -0.05) is 30.3 Å². The maximum Gasteiger partial charge on any atom is 0.416 e. The number of alkyl halides is 3. The van der Waals surface area contributed by atoms with Crippen molar-refractivity contribution >= 4 is 10.9 Å². The molecule has 0 spiro atoms. The predicted octanol–water partition coefficient (Wildman–Crippen LogP) is 4.85. The van der Waals surface area contributed by atoms with Crippen molar-refractivity contribution in [2.24, 2.45) is 0 Å². The van der Waals surface area contributed by atoms with Crippen LogP contribution in [-0.4, -0.2) is 11.7 Å². The van der Waals surface area contributed by atoms with Crippen molar-refractivity contribution in [3.8, 4) is 0 Å². The van der Waals surface area contributed by atoms with Crippen LogP contribution < -0.4 is 0 Å². The zero-order chi connectivity index (χ0) is 16.4. The Morgan fingerprint density at radius 1 is 1.04 bits per heavy atom. The number of fused-ring (bicyclic) bond motifs is 1. The summed E-state index contributed by atoms with van der Waals surface area (Å²) >= 11 is 0. The third-order valence-corrected chi connectivity index (χ3v) is 3.78.